The first kappa shape index (κ1) is 14.2. The molecule has 0 spiro atoms. The Balaban J connectivity index is 2.20. The van der Waals surface area contributed by atoms with Crippen LogP contribution in [0.3, 0.4) is 0 Å². The number of carbonyl (C=O) groups excluding carboxylic acids is 1. The molecule has 1 N–H and O–H groups in total. The molecule has 0 saturated heterocycles. The highest BCUT2D eigenvalue weighted by Gasteiger charge is 2.13. The normalized spacial score (nSPS) is 10.2. The number of thiophene rings is 1. The molecule has 2 aromatic rings. The molecule has 8 heteroatoms. The fourth-order valence-electron chi connectivity index (χ4n) is 1.34. The highest BCUT2D eigenvalue weighted by atomic mass is 79.9. The van der Waals surface area contributed by atoms with Crippen LogP contribution in [0.5, 0.6) is 0 Å². The van der Waals surface area contributed by atoms with Crippen LogP contribution in [-0.4, -0.2) is 10.8 Å². The van der Waals surface area contributed by atoms with Crippen LogP contribution in [0.15, 0.2) is 37.9 Å². The Morgan fingerprint density at radius 3 is 2.58 bits per heavy atom. The van der Waals surface area contributed by atoms with Crippen molar-refractivity contribution in [1.29, 1.82) is 0 Å². The Labute approximate surface area is 129 Å². The zero-order valence-electron chi connectivity index (χ0n) is 9.22. The molecule has 0 fully saturated rings. The summed E-state index contributed by atoms with van der Waals surface area (Å²) in [6.45, 7) is 0. The number of non-ortho nitro benzene ring substituents is 1. The van der Waals surface area contributed by atoms with Crippen molar-refractivity contribution < 1.29 is 9.72 Å². The van der Waals surface area contributed by atoms with Gasteiger partial charge in [0.25, 0.3) is 11.6 Å². The van der Waals surface area contributed by atoms with Crippen molar-refractivity contribution in [2.45, 2.75) is 0 Å². The molecule has 1 heterocycles. The number of nitrogens with zero attached hydrogens (tertiary/aromatic N) is 1. The van der Waals surface area contributed by atoms with E-state index in [0.717, 1.165) is 3.79 Å². The van der Waals surface area contributed by atoms with Gasteiger partial charge in [0.2, 0.25) is 0 Å². The molecule has 0 bridgehead atoms. The molecule has 0 saturated carbocycles. The Hall–Kier alpha value is -1.25. The van der Waals surface area contributed by atoms with E-state index in [1.165, 1.54) is 29.5 Å². The molecule has 0 atom stereocenters. The molecule has 98 valence electrons. The number of nitro benzene ring substituents is 1. The second kappa shape index (κ2) is 5.81. The topological polar surface area (TPSA) is 72.2 Å². The molecule has 1 amide bonds. The molecule has 0 aliphatic carbocycles. The van der Waals surface area contributed by atoms with Gasteiger partial charge in [-0.15, -0.1) is 11.3 Å². The van der Waals surface area contributed by atoms with E-state index >= 15 is 0 Å². The van der Waals surface area contributed by atoms with Gasteiger partial charge >= 0.3 is 0 Å². The third-order valence-electron chi connectivity index (χ3n) is 2.24. The van der Waals surface area contributed by atoms with Crippen LogP contribution >= 0.6 is 43.2 Å². The van der Waals surface area contributed by atoms with E-state index in [0.29, 0.717) is 15.7 Å². The van der Waals surface area contributed by atoms with Gasteiger partial charge in [-0.1, -0.05) is 0 Å². The minimum atomic E-state index is -0.494. The predicted molar refractivity (Wildman–Crippen MR) is 80.8 cm³/mol. The zero-order chi connectivity index (χ0) is 14.0. The molecule has 2 rings (SSSR count). The fourth-order valence-corrected chi connectivity index (χ4v) is 2.95. The molecular weight excluding hydrogens is 400 g/mol. The summed E-state index contributed by atoms with van der Waals surface area (Å²) in [5.41, 5.74) is 0.975. The molecule has 19 heavy (non-hydrogen) atoms. The van der Waals surface area contributed by atoms with Crippen LogP contribution < -0.4 is 5.32 Å². The van der Waals surface area contributed by atoms with Crippen molar-refractivity contribution in [1.82, 2.24) is 0 Å². The number of amides is 1. The van der Waals surface area contributed by atoms with E-state index in [-0.39, 0.29) is 11.6 Å². The summed E-state index contributed by atoms with van der Waals surface area (Å²) in [6, 6.07) is 5.88. The average Bonchev–Trinajstić information content (AvgIpc) is 2.78. The number of anilines is 1. The van der Waals surface area contributed by atoms with Gasteiger partial charge in [-0.2, -0.15) is 0 Å². The second-order valence-electron chi connectivity index (χ2n) is 3.51. The number of carbonyl (C=O) groups is 1. The summed E-state index contributed by atoms with van der Waals surface area (Å²) >= 11 is 7.88. The van der Waals surface area contributed by atoms with Crippen molar-refractivity contribution in [2.24, 2.45) is 0 Å². The number of rotatable bonds is 3. The van der Waals surface area contributed by atoms with Gasteiger partial charge in [-0.05, 0) is 44.0 Å². The summed E-state index contributed by atoms with van der Waals surface area (Å²) in [7, 11) is 0. The maximum absolute atomic E-state index is 11.9. The molecule has 0 aliphatic heterocycles. The lowest BCUT2D eigenvalue weighted by Crippen LogP contribution is -2.11. The van der Waals surface area contributed by atoms with Crippen molar-refractivity contribution in [2.75, 3.05) is 5.32 Å². The highest BCUT2D eigenvalue weighted by Crippen LogP contribution is 2.28. The maximum atomic E-state index is 11.9. The molecule has 1 aromatic heterocycles. The van der Waals surface area contributed by atoms with E-state index < -0.39 is 4.92 Å². The van der Waals surface area contributed by atoms with Crippen LogP contribution in [0, 0.1) is 10.1 Å². The summed E-state index contributed by atoms with van der Waals surface area (Å²) in [4.78, 5) is 22.0. The van der Waals surface area contributed by atoms with Crippen LogP contribution in [0.2, 0.25) is 0 Å². The van der Waals surface area contributed by atoms with Gasteiger partial charge in [-0.3, -0.25) is 14.9 Å². The number of halogens is 2. The number of nitro groups is 1. The zero-order valence-corrected chi connectivity index (χ0v) is 13.2. The molecular formula is C11H6Br2N2O3S. The number of nitrogens with one attached hydrogen (secondary N) is 1. The third kappa shape index (κ3) is 3.40. The van der Waals surface area contributed by atoms with Crippen molar-refractivity contribution in [3.8, 4) is 0 Å². The second-order valence-corrected chi connectivity index (χ2v) is 6.66. The molecule has 1 aromatic carbocycles. The smallest absolute Gasteiger partial charge is 0.270 e. The van der Waals surface area contributed by atoms with Crippen molar-refractivity contribution in [3.63, 3.8) is 0 Å². The summed E-state index contributed by atoms with van der Waals surface area (Å²) < 4.78 is 1.32. The monoisotopic (exact) mass is 404 g/mol. The first-order valence-electron chi connectivity index (χ1n) is 4.96. The van der Waals surface area contributed by atoms with E-state index in [2.05, 4.69) is 37.2 Å². The number of benzene rings is 1. The highest BCUT2D eigenvalue weighted by molar-refractivity contribution is 9.11. The Kier molecular flexibility index (Phi) is 4.33. The van der Waals surface area contributed by atoms with Crippen LogP contribution in [-0.2, 0) is 0 Å². The van der Waals surface area contributed by atoms with Gasteiger partial charge in [0.05, 0.1) is 20.0 Å². The van der Waals surface area contributed by atoms with Crippen LogP contribution in [0.1, 0.15) is 10.4 Å². The lowest BCUT2D eigenvalue weighted by molar-refractivity contribution is -0.384. The number of hydrogen-bond acceptors (Lipinski definition) is 4. The Morgan fingerprint density at radius 1 is 1.32 bits per heavy atom. The van der Waals surface area contributed by atoms with Crippen LogP contribution in [0.25, 0.3) is 0 Å². The van der Waals surface area contributed by atoms with Gasteiger partial charge in [0.15, 0.2) is 0 Å². The van der Waals surface area contributed by atoms with Crippen LogP contribution in [0.4, 0.5) is 11.4 Å². The minimum absolute atomic E-state index is 0.0387. The molecule has 5 nitrogen and oxygen atoms in total. The quantitative estimate of drug-likeness (QED) is 0.606. The fraction of sp³-hybridized carbons (Fsp3) is 0. The third-order valence-corrected chi connectivity index (χ3v) is 4.40. The lowest BCUT2D eigenvalue weighted by atomic mass is 10.2. The number of hydrogen-bond donors (Lipinski definition) is 1. The van der Waals surface area contributed by atoms with Gasteiger partial charge in [-0.25, -0.2) is 0 Å². The van der Waals surface area contributed by atoms with Gasteiger partial charge in [0.1, 0.15) is 0 Å². The Bertz CT molecular complexity index is 657. The first-order chi connectivity index (χ1) is 8.97. The SMILES string of the molecule is O=C(Nc1ccc([N+](=O)[O-])cc1Br)c1csc(Br)c1. The maximum Gasteiger partial charge on any atom is 0.270 e. The molecule has 0 unspecified atom stereocenters. The van der Waals surface area contributed by atoms with E-state index in [1.54, 1.807) is 11.4 Å². The van der Waals surface area contributed by atoms with E-state index in [9.17, 15) is 14.9 Å². The summed E-state index contributed by atoms with van der Waals surface area (Å²) in [6.07, 6.45) is 0. The summed E-state index contributed by atoms with van der Waals surface area (Å²) in [5, 5.41) is 15.0. The Morgan fingerprint density at radius 2 is 2.05 bits per heavy atom. The predicted octanol–water partition coefficient (Wildman–Crippen LogP) is 4.43. The molecule has 0 radical (unpaired) electrons. The van der Waals surface area contributed by atoms with Crippen molar-refractivity contribution in [3.05, 3.63) is 53.6 Å². The molecule has 0 aliphatic rings. The average molecular weight is 406 g/mol. The van der Waals surface area contributed by atoms with E-state index in [4.69, 9.17) is 0 Å². The van der Waals surface area contributed by atoms with Gasteiger partial charge < -0.3 is 5.32 Å². The standard InChI is InChI=1S/C11H6Br2N2O3S/c12-8-4-7(15(17)18)1-2-9(8)14-11(16)6-3-10(13)19-5-6/h1-5H,(H,14,16). The first-order valence-corrected chi connectivity index (χ1v) is 7.43. The minimum Gasteiger partial charge on any atom is -0.321 e. The van der Waals surface area contributed by atoms with E-state index in [1.807, 2.05) is 0 Å². The summed E-state index contributed by atoms with van der Waals surface area (Å²) in [5.74, 6) is -0.267. The van der Waals surface area contributed by atoms with Gasteiger partial charge in [0, 0.05) is 22.0 Å². The largest absolute Gasteiger partial charge is 0.321 e. The lowest BCUT2D eigenvalue weighted by Gasteiger charge is -2.05. The van der Waals surface area contributed by atoms with Crippen molar-refractivity contribution >= 4 is 60.5 Å².